The lowest BCUT2D eigenvalue weighted by molar-refractivity contribution is -0.255. The number of aromatic nitrogens is 1. The van der Waals surface area contributed by atoms with Gasteiger partial charge in [0.15, 0.2) is 0 Å². The number of thiophene rings is 1. The highest BCUT2D eigenvalue weighted by atomic mass is 32.2. The van der Waals surface area contributed by atoms with E-state index in [0.717, 1.165) is 39.9 Å². The molecule has 1 fully saturated rings. The molecule has 0 unspecified atom stereocenters. The molecule has 10 heteroatoms. The van der Waals surface area contributed by atoms with Gasteiger partial charge in [-0.25, -0.2) is 14.7 Å². The van der Waals surface area contributed by atoms with Crippen molar-refractivity contribution in [2.24, 2.45) is 5.92 Å². The largest absolute Gasteiger partial charge is 0.545 e. The van der Waals surface area contributed by atoms with Crippen molar-refractivity contribution in [3.8, 4) is 0 Å². The molecule has 0 radical (unpaired) electrons. The number of imide groups is 1. The Morgan fingerprint density at radius 1 is 1.32 bits per heavy atom. The fourth-order valence-corrected chi connectivity index (χ4v) is 6.51. The Morgan fingerprint density at radius 3 is 2.81 bits per heavy atom. The molecule has 1 aliphatic carbocycles. The van der Waals surface area contributed by atoms with E-state index in [1.807, 2.05) is 0 Å². The molecule has 31 heavy (non-hydrogen) atoms. The van der Waals surface area contributed by atoms with Crippen LogP contribution in [-0.2, 0) is 27.2 Å². The van der Waals surface area contributed by atoms with Crippen LogP contribution in [0.4, 0.5) is 5.00 Å². The summed E-state index contributed by atoms with van der Waals surface area (Å²) in [5, 5.41) is 10.9. The molecule has 8 nitrogen and oxygen atoms in total. The Hall–Kier alpha value is -2.72. The summed E-state index contributed by atoms with van der Waals surface area (Å²) in [7, 11) is 1.27. The van der Waals surface area contributed by atoms with E-state index in [9.17, 15) is 24.3 Å². The predicted molar refractivity (Wildman–Crippen MR) is 112 cm³/mol. The van der Waals surface area contributed by atoms with Crippen molar-refractivity contribution in [1.82, 2.24) is 4.98 Å². The first-order chi connectivity index (χ1) is 14.8. The van der Waals surface area contributed by atoms with Crippen LogP contribution in [0.2, 0.25) is 0 Å². The smallest absolute Gasteiger partial charge is 0.341 e. The first kappa shape index (κ1) is 21.5. The van der Waals surface area contributed by atoms with E-state index in [1.165, 1.54) is 36.8 Å². The Balaban J connectivity index is 1.69. The maximum atomic E-state index is 13.2. The van der Waals surface area contributed by atoms with Gasteiger partial charge in [0.25, 0.3) is 0 Å². The molecular weight excluding hydrogens is 440 g/mol. The van der Waals surface area contributed by atoms with Gasteiger partial charge >= 0.3 is 5.97 Å². The van der Waals surface area contributed by atoms with Gasteiger partial charge in [-0.15, -0.1) is 11.3 Å². The molecule has 2 amide bonds. The average molecular weight is 460 g/mol. The van der Waals surface area contributed by atoms with Crippen LogP contribution < -0.4 is 10.0 Å². The number of thioether (sulfide) groups is 1. The maximum Gasteiger partial charge on any atom is 0.341 e. The number of aromatic carboxylic acids is 1. The van der Waals surface area contributed by atoms with Crippen LogP contribution in [0.5, 0.6) is 0 Å². The number of hydrogen-bond acceptors (Lipinski definition) is 9. The van der Waals surface area contributed by atoms with Crippen LogP contribution in [0.3, 0.4) is 0 Å². The number of carbonyl (C=O) groups excluding carboxylic acids is 4. The fourth-order valence-electron chi connectivity index (χ4n) is 3.89. The Kier molecular flexibility index (Phi) is 5.85. The first-order valence-electron chi connectivity index (χ1n) is 9.74. The zero-order valence-corrected chi connectivity index (χ0v) is 18.5. The van der Waals surface area contributed by atoms with Crippen LogP contribution in [0.1, 0.15) is 50.9 Å². The van der Waals surface area contributed by atoms with Gasteiger partial charge < -0.3 is 14.6 Å². The number of carbonyl (C=O) groups is 4. The molecule has 4 rings (SSSR count). The molecule has 2 atom stereocenters. The summed E-state index contributed by atoms with van der Waals surface area (Å²) in [5.74, 6) is -2.46. The molecule has 2 aliphatic rings. The normalized spacial score (nSPS) is 20.6. The van der Waals surface area contributed by atoms with E-state index in [0.29, 0.717) is 17.3 Å². The Labute approximate surface area is 186 Å². The summed E-state index contributed by atoms with van der Waals surface area (Å²) in [6.45, 7) is 2.13. The van der Waals surface area contributed by atoms with Crippen LogP contribution >= 0.6 is 23.1 Å². The number of carboxylic acid groups (broad SMARTS) is 1. The summed E-state index contributed by atoms with van der Waals surface area (Å²) < 4.78 is 4.95. The van der Waals surface area contributed by atoms with E-state index < -0.39 is 29.0 Å². The molecule has 2 aromatic rings. The van der Waals surface area contributed by atoms with Crippen molar-refractivity contribution in [2.75, 3.05) is 12.0 Å². The number of nitrogens with zero attached hydrogens (tertiary/aromatic N) is 2. The van der Waals surface area contributed by atoms with Gasteiger partial charge in [-0.05, 0) is 42.9 Å². The highest BCUT2D eigenvalue weighted by Gasteiger charge is 2.44. The van der Waals surface area contributed by atoms with Crippen LogP contribution in [0, 0.1) is 5.92 Å². The van der Waals surface area contributed by atoms with Crippen molar-refractivity contribution in [3.63, 3.8) is 0 Å². The third-order valence-corrected chi connectivity index (χ3v) is 7.88. The second-order valence-corrected chi connectivity index (χ2v) is 9.82. The zero-order valence-electron chi connectivity index (χ0n) is 16.9. The third-order valence-electron chi connectivity index (χ3n) is 5.44. The topological polar surface area (TPSA) is 117 Å². The highest BCUT2D eigenvalue weighted by molar-refractivity contribution is 8.00. The van der Waals surface area contributed by atoms with E-state index in [2.05, 4.69) is 11.9 Å². The average Bonchev–Trinajstić information content (AvgIpc) is 3.23. The maximum absolute atomic E-state index is 13.2. The summed E-state index contributed by atoms with van der Waals surface area (Å²) in [5.41, 5.74) is 1.00. The summed E-state index contributed by atoms with van der Waals surface area (Å²) in [6, 6.07) is 2.80. The molecular formula is C21H19N2O6S2-. The Morgan fingerprint density at radius 2 is 2.10 bits per heavy atom. The van der Waals surface area contributed by atoms with Crippen molar-refractivity contribution in [3.05, 3.63) is 39.9 Å². The van der Waals surface area contributed by atoms with Crippen molar-refractivity contribution in [2.45, 2.75) is 42.9 Å². The van der Waals surface area contributed by atoms with E-state index in [-0.39, 0.29) is 22.6 Å². The van der Waals surface area contributed by atoms with E-state index >= 15 is 0 Å². The van der Waals surface area contributed by atoms with Gasteiger partial charge in [0, 0.05) is 23.1 Å². The molecule has 0 aromatic carbocycles. The van der Waals surface area contributed by atoms with Crippen LogP contribution in [-0.4, -0.2) is 41.1 Å². The van der Waals surface area contributed by atoms with Gasteiger partial charge in [-0.1, -0.05) is 18.7 Å². The zero-order chi connectivity index (χ0) is 22.3. The fraction of sp³-hybridized carbons (Fsp3) is 0.381. The van der Waals surface area contributed by atoms with Gasteiger partial charge in [-0.2, -0.15) is 0 Å². The van der Waals surface area contributed by atoms with Gasteiger partial charge in [-0.3, -0.25) is 9.59 Å². The SMILES string of the molecule is COC(=O)c1c(N2C(=O)C[C@@H](Sc3ncccc3C(=O)[O-])C2=O)sc2c1CC[C@H](C)C2. The van der Waals surface area contributed by atoms with E-state index in [4.69, 9.17) is 4.74 Å². The van der Waals surface area contributed by atoms with Crippen molar-refractivity contribution in [1.29, 1.82) is 0 Å². The highest BCUT2D eigenvalue weighted by Crippen LogP contribution is 2.44. The third kappa shape index (κ3) is 3.85. The lowest BCUT2D eigenvalue weighted by atomic mass is 9.88. The number of amides is 2. The number of anilines is 1. The number of pyridine rings is 1. The first-order valence-corrected chi connectivity index (χ1v) is 11.4. The number of esters is 1. The standard InChI is InChI=1S/C21H20N2O6S2/c1-10-5-6-11-13(8-10)31-19(16(11)21(28)29-2)23-15(24)9-14(18(23)25)30-17-12(20(26)27)4-3-7-22-17/h3-4,7,10,14H,5-6,8-9H2,1-2H3,(H,26,27)/p-1/t10-,14+/m0/s1. The number of methoxy groups -OCH3 is 1. The quantitative estimate of drug-likeness (QED) is 0.491. The van der Waals surface area contributed by atoms with Gasteiger partial charge in [0.1, 0.15) is 10.0 Å². The number of rotatable bonds is 5. The summed E-state index contributed by atoms with van der Waals surface area (Å²) in [4.78, 5) is 56.0. The lowest BCUT2D eigenvalue weighted by Gasteiger charge is -2.18. The summed E-state index contributed by atoms with van der Waals surface area (Å²) in [6.07, 6.45) is 3.68. The molecule has 162 valence electrons. The number of ether oxygens (including phenoxy) is 1. The molecule has 0 bridgehead atoms. The molecule has 3 heterocycles. The molecule has 0 saturated carbocycles. The molecule has 1 saturated heterocycles. The lowest BCUT2D eigenvalue weighted by Crippen LogP contribution is -2.32. The minimum absolute atomic E-state index is 0.114. The van der Waals surface area contributed by atoms with Gasteiger partial charge in [0.2, 0.25) is 11.8 Å². The second kappa shape index (κ2) is 8.43. The summed E-state index contributed by atoms with van der Waals surface area (Å²) >= 11 is 2.20. The molecule has 2 aromatic heterocycles. The second-order valence-electron chi connectivity index (χ2n) is 7.55. The molecule has 1 aliphatic heterocycles. The molecule has 0 spiro atoms. The number of carboxylic acids is 1. The molecule has 0 N–H and O–H groups in total. The minimum atomic E-state index is -1.41. The van der Waals surface area contributed by atoms with Gasteiger partial charge in [0.05, 0.1) is 23.9 Å². The van der Waals surface area contributed by atoms with E-state index in [1.54, 1.807) is 0 Å². The van der Waals surface area contributed by atoms with Crippen LogP contribution in [0.15, 0.2) is 23.4 Å². The Bertz CT molecular complexity index is 1100. The monoisotopic (exact) mass is 459 g/mol. The number of fused-ring (bicyclic) bond motifs is 1. The predicted octanol–water partition coefficient (Wildman–Crippen LogP) is 1.84. The van der Waals surface area contributed by atoms with Crippen molar-refractivity contribution >= 4 is 51.9 Å². The van der Waals surface area contributed by atoms with Crippen LogP contribution in [0.25, 0.3) is 0 Å². The minimum Gasteiger partial charge on any atom is -0.545 e. The van der Waals surface area contributed by atoms with Crippen molar-refractivity contribution < 1.29 is 29.0 Å². The number of hydrogen-bond donors (Lipinski definition) is 0.